The number of pyridine rings is 1. The van der Waals surface area contributed by atoms with Crippen molar-refractivity contribution in [2.45, 2.75) is 18.8 Å². The molecule has 4 nitrogen and oxygen atoms in total. The van der Waals surface area contributed by atoms with Gasteiger partial charge >= 0.3 is 0 Å². The van der Waals surface area contributed by atoms with Crippen molar-refractivity contribution in [2.24, 2.45) is 7.05 Å². The summed E-state index contributed by atoms with van der Waals surface area (Å²) in [5.41, 5.74) is 3.75. The van der Waals surface area contributed by atoms with Crippen molar-refractivity contribution in [3.05, 3.63) is 36.4 Å². The normalized spacial score (nSPS) is 16.9. The van der Waals surface area contributed by atoms with Gasteiger partial charge in [0.15, 0.2) is 0 Å². The molecule has 0 amide bonds. The highest BCUT2D eigenvalue weighted by Crippen LogP contribution is 2.33. The highest BCUT2D eigenvalue weighted by atomic mass is 15.3. The van der Waals surface area contributed by atoms with Crippen molar-refractivity contribution < 1.29 is 0 Å². The van der Waals surface area contributed by atoms with Crippen LogP contribution in [0.5, 0.6) is 0 Å². The molecular weight excluding hydrogens is 224 g/mol. The van der Waals surface area contributed by atoms with E-state index in [1.165, 1.54) is 29.7 Å². The highest BCUT2D eigenvalue weighted by molar-refractivity contribution is 5.65. The average Bonchev–Trinajstić information content (AvgIpc) is 2.83. The quantitative estimate of drug-likeness (QED) is 0.875. The third-order valence-electron chi connectivity index (χ3n) is 3.68. The molecule has 0 aliphatic carbocycles. The molecule has 0 spiro atoms. The van der Waals surface area contributed by atoms with E-state index in [0.717, 1.165) is 13.1 Å². The maximum Gasteiger partial charge on any atom is 0.0571 e. The zero-order chi connectivity index (χ0) is 12.4. The molecule has 1 saturated heterocycles. The molecular formula is C14H18N4. The van der Waals surface area contributed by atoms with Gasteiger partial charge in [0, 0.05) is 42.2 Å². The lowest BCUT2D eigenvalue weighted by Crippen LogP contribution is -2.27. The Bertz CT molecular complexity index is 512. The molecule has 1 fully saturated rings. The van der Waals surface area contributed by atoms with Crippen LogP contribution in [0.2, 0.25) is 0 Å². The summed E-state index contributed by atoms with van der Waals surface area (Å²) >= 11 is 0. The maximum atomic E-state index is 4.44. The van der Waals surface area contributed by atoms with E-state index < -0.39 is 0 Å². The Morgan fingerprint density at radius 1 is 1.28 bits per heavy atom. The highest BCUT2D eigenvalue weighted by Gasteiger charge is 2.22. The van der Waals surface area contributed by atoms with Crippen molar-refractivity contribution in [3.63, 3.8) is 0 Å². The summed E-state index contributed by atoms with van der Waals surface area (Å²) in [7, 11) is 2.04. The fourth-order valence-electron chi connectivity index (χ4n) is 2.77. The third kappa shape index (κ3) is 2.04. The van der Waals surface area contributed by atoms with Crippen LogP contribution >= 0.6 is 0 Å². The SMILES string of the molecule is Cn1ncc(-c2cccnc2)c1C1CCNCC1. The van der Waals surface area contributed by atoms with E-state index in [1.54, 1.807) is 0 Å². The van der Waals surface area contributed by atoms with Crippen LogP contribution in [-0.4, -0.2) is 27.9 Å². The molecule has 4 heteroatoms. The predicted octanol–water partition coefficient (Wildman–Crippen LogP) is 1.95. The Balaban J connectivity index is 2.01. The molecule has 18 heavy (non-hydrogen) atoms. The summed E-state index contributed by atoms with van der Waals surface area (Å²) < 4.78 is 2.03. The number of aromatic nitrogens is 3. The summed E-state index contributed by atoms with van der Waals surface area (Å²) in [5.74, 6) is 0.606. The number of nitrogens with one attached hydrogen (secondary N) is 1. The van der Waals surface area contributed by atoms with E-state index in [4.69, 9.17) is 0 Å². The maximum absolute atomic E-state index is 4.44. The monoisotopic (exact) mass is 242 g/mol. The molecule has 0 saturated carbocycles. The third-order valence-corrected chi connectivity index (χ3v) is 3.68. The lowest BCUT2D eigenvalue weighted by atomic mass is 9.90. The van der Waals surface area contributed by atoms with E-state index in [-0.39, 0.29) is 0 Å². The summed E-state index contributed by atoms with van der Waals surface area (Å²) in [5, 5.41) is 7.85. The number of hydrogen-bond donors (Lipinski definition) is 1. The molecule has 0 atom stereocenters. The Labute approximate surface area is 107 Å². The topological polar surface area (TPSA) is 42.7 Å². The molecule has 0 radical (unpaired) electrons. The van der Waals surface area contributed by atoms with E-state index in [0.29, 0.717) is 5.92 Å². The van der Waals surface area contributed by atoms with Gasteiger partial charge in [0.05, 0.1) is 6.20 Å². The molecule has 2 aromatic heterocycles. The van der Waals surface area contributed by atoms with Crippen molar-refractivity contribution in [2.75, 3.05) is 13.1 Å². The van der Waals surface area contributed by atoms with Crippen LogP contribution in [0.1, 0.15) is 24.5 Å². The Kier molecular flexibility index (Phi) is 3.11. The minimum atomic E-state index is 0.606. The second-order valence-corrected chi connectivity index (χ2v) is 4.83. The van der Waals surface area contributed by atoms with Gasteiger partial charge in [0.25, 0.3) is 0 Å². The molecule has 94 valence electrons. The first-order chi connectivity index (χ1) is 8.86. The number of hydrogen-bond acceptors (Lipinski definition) is 3. The van der Waals surface area contributed by atoms with E-state index in [1.807, 2.05) is 36.4 Å². The van der Waals surface area contributed by atoms with Gasteiger partial charge in [-0.3, -0.25) is 9.67 Å². The fraction of sp³-hybridized carbons (Fsp3) is 0.429. The van der Waals surface area contributed by atoms with Gasteiger partial charge in [-0.25, -0.2) is 0 Å². The van der Waals surface area contributed by atoms with Crippen LogP contribution in [0, 0.1) is 0 Å². The predicted molar refractivity (Wildman–Crippen MR) is 71.3 cm³/mol. The number of piperidine rings is 1. The number of nitrogens with zero attached hydrogens (tertiary/aromatic N) is 3. The van der Waals surface area contributed by atoms with Crippen LogP contribution in [-0.2, 0) is 7.05 Å². The Morgan fingerprint density at radius 3 is 2.83 bits per heavy atom. The lowest BCUT2D eigenvalue weighted by molar-refractivity contribution is 0.440. The second kappa shape index (κ2) is 4.90. The van der Waals surface area contributed by atoms with Gasteiger partial charge in [-0.15, -0.1) is 0 Å². The molecule has 3 heterocycles. The van der Waals surface area contributed by atoms with E-state index in [9.17, 15) is 0 Å². The molecule has 1 aliphatic heterocycles. The van der Waals surface area contributed by atoms with Crippen molar-refractivity contribution >= 4 is 0 Å². The first-order valence-electron chi connectivity index (χ1n) is 6.49. The van der Waals surface area contributed by atoms with Gasteiger partial charge in [-0.1, -0.05) is 6.07 Å². The van der Waals surface area contributed by atoms with Crippen LogP contribution in [0.3, 0.4) is 0 Å². The largest absolute Gasteiger partial charge is 0.317 e. The van der Waals surface area contributed by atoms with Gasteiger partial charge in [-0.2, -0.15) is 5.10 Å². The minimum Gasteiger partial charge on any atom is -0.317 e. The van der Waals surface area contributed by atoms with Gasteiger partial charge < -0.3 is 5.32 Å². The summed E-state index contributed by atoms with van der Waals surface area (Å²) in [6, 6.07) is 4.09. The Hall–Kier alpha value is -1.68. The second-order valence-electron chi connectivity index (χ2n) is 4.83. The molecule has 0 bridgehead atoms. The number of aryl methyl sites for hydroxylation is 1. The fourth-order valence-corrected chi connectivity index (χ4v) is 2.77. The van der Waals surface area contributed by atoms with Gasteiger partial charge in [0.1, 0.15) is 0 Å². The smallest absolute Gasteiger partial charge is 0.0571 e. The molecule has 0 aromatic carbocycles. The lowest BCUT2D eigenvalue weighted by Gasteiger charge is -2.24. The zero-order valence-corrected chi connectivity index (χ0v) is 10.6. The van der Waals surface area contributed by atoms with Crippen molar-refractivity contribution in [3.8, 4) is 11.1 Å². The van der Waals surface area contributed by atoms with E-state index in [2.05, 4.69) is 21.5 Å². The summed E-state index contributed by atoms with van der Waals surface area (Å²) in [6.45, 7) is 2.20. The van der Waals surface area contributed by atoms with Crippen LogP contribution in [0.25, 0.3) is 11.1 Å². The Morgan fingerprint density at radius 2 is 2.11 bits per heavy atom. The van der Waals surface area contributed by atoms with Gasteiger partial charge in [-0.05, 0) is 32.0 Å². The molecule has 0 unspecified atom stereocenters. The molecule has 1 aliphatic rings. The first kappa shape index (κ1) is 11.4. The van der Waals surface area contributed by atoms with Crippen molar-refractivity contribution in [1.29, 1.82) is 0 Å². The summed E-state index contributed by atoms with van der Waals surface area (Å²) in [4.78, 5) is 4.21. The first-order valence-corrected chi connectivity index (χ1v) is 6.49. The van der Waals surface area contributed by atoms with Gasteiger partial charge in [0.2, 0.25) is 0 Å². The van der Waals surface area contributed by atoms with E-state index >= 15 is 0 Å². The molecule has 1 N–H and O–H groups in total. The average molecular weight is 242 g/mol. The molecule has 2 aromatic rings. The van der Waals surface area contributed by atoms with Crippen LogP contribution < -0.4 is 5.32 Å². The standard InChI is InChI=1S/C14H18N4/c1-18-14(11-4-7-15-8-5-11)13(10-17-18)12-3-2-6-16-9-12/h2-3,6,9-11,15H,4-5,7-8H2,1H3. The van der Waals surface area contributed by atoms with Crippen LogP contribution in [0.15, 0.2) is 30.7 Å². The zero-order valence-electron chi connectivity index (χ0n) is 10.6. The molecule has 3 rings (SSSR count). The minimum absolute atomic E-state index is 0.606. The number of rotatable bonds is 2. The summed E-state index contributed by atoms with van der Waals surface area (Å²) in [6.07, 6.45) is 8.07. The van der Waals surface area contributed by atoms with Crippen molar-refractivity contribution in [1.82, 2.24) is 20.1 Å². The van der Waals surface area contributed by atoms with Crippen LogP contribution in [0.4, 0.5) is 0 Å².